The van der Waals surface area contributed by atoms with Gasteiger partial charge in [0, 0.05) is 19.1 Å². The summed E-state index contributed by atoms with van der Waals surface area (Å²) >= 11 is 0. The molecule has 0 saturated heterocycles. The Morgan fingerprint density at radius 1 is 0.721 bits per heavy atom. The lowest BCUT2D eigenvalue weighted by molar-refractivity contribution is -0.118. The number of fused-ring (bicyclic) bond motifs is 1. The molecule has 3 aromatic carbocycles. The van der Waals surface area contributed by atoms with Crippen LogP contribution in [0.3, 0.4) is 0 Å². The lowest BCUT2D eigenvalue weighted by Gasteiger charge is -2.12. The Kier molecular flexibility index (Phi) is 12.7. The number of ether oxygens (including phenoxy) is 2. The minimum absolute atomic E-state index is 0.237. The third-order valence-electron chi connectivity index (χ3n) is 8.33. The van der Waals surface area contributed by atoms with E-state index in [4.69, 9.17) is 9.47 Å². The number of Topliss-reactive ketones (excluding diaryl/α,β-unsaturated/α-hetero) is 1. The molecule has 0 amide bonds. The van der Waals surface area contributed by atoms with Crippen molar-refractivity contribution < 1.29 is 22.7 Å². The largest absolute Gasteiger partial charge is 0.454 e. The summed E-state index contributed by atoms with van der Waals surface area (Å²) < 4.78 is 35.0. The van der Waals surface area contributed by atoms with E-state index >= 15 is 0 Å². The molecule has 3 aromatic rings. The van der Waals surface area contributed by atoms with E-state index < -0.39 is 9.84 Å². The van der Waals surface area contributed by atoms with E-state index in [1.165, 1.54) is 75.2 Å². The first kappa shape index (κ1) is 32.8. The molecule has 0 fully saturated rings. The van der Waals surface area contributed by atoms with Crippen molar-refractivity contribution in [3.63, 3.8) is 0 Å². The molecule has 1 heterocycles. The van der Waals surface area contributed by atoms with Crippen molar-refractivity contribution in [1.82, 2.24) is 0 Å². The lowest BCUT2D eigenvalue weighted by atomic mass is 9.94. The fourth-order valence-electron chi connectivity index (χ4n) is 5.88. The van der Waals surface area contributed by atoms with Crippen molar-refractivity contribution in [3.05, 3.63) is 77.4 Å². The van der Waals surface area contributed by atoms with Crippen molar-refractivity contribution >= 4 is 15.6 Å². The van der Waals surface area contributed by atoms with Crippen molar-refractivity contribution in [1.29, 1.82) is 0 Å². The van der Waals surface area contributed by atoms with Crippen LogP contribution >= 0.6 is 0 Å². The van der Waals surface area contributed by atoms with Crippen LogP contribution in [0, 0.1) is 6.92 Å². The minimum Gasteiger partial charge on any atom is -0.454 e. The Morgan fingerprint density at radius 3 is 1.91 bits per heavy atom. The van der Waals surface area contributed by atoms with Crippen LogP contribution in [0.4, 0.5) is 0 Å². The number of benzene rings is 3. The molecular weight excluding hydrogens is 556 g/mol. The number of carbonyl (C=O) groups is 1. The summed E-state index contributed by atoms with van der Waals surface area (Å²) in [7, 11) is -3.22. The quantitative estimate of drug-likeness (QED) is 0.128. The van der Waals surface area contributed by atoms with E-state index in [2.05, 4.69) is 31.2 Å². The van der Waals surface area contributed by atoms with Gasteiger partial charge in [-0.1, -0.05) is 106 Å². The van der Waals surface area contributed by atoms with Gasteiger partial charge in [0.25, 0.3) is 0 Å². The van der Waals surface area contributed by atoms with Gasteiger partial charge in [-0.3, -0.25) is 4.79 Å². The molecule has 0 aliphatic carbocycles. The summed E-state index contributed by atoms with van der Waals surface area (Å²) in [6, 6.07) is 19.5. The Balaban J connectivity index is 1.05. The molecule has 0 aromatic heterocycles. The zero-order valence-electron chi connectivity index (χ0n) is 26.0. The molecule has 0 unspecified atom stereocenters. The van der Waals surface area contributed by atoms with Gasteiger partial charge in [0.15, 0.2) is 21.3 Å². The Morgan fingerprint density at radius 2 is 1.30 bits per heavy atom. The van der Waals surface area contributed by atoms with Gasteiger partial charge in [-0.2, -0.15) is 0 Å². The molecule has 1 aliphatic rings. The molecule has 0 bridgehead atoms. The summed E-state index contributed by atoms with van der Waals surface area (Å²) in [5, 5.41) is 0. The summed E-state index contributed by atoms with van der Waals surface area (Å²) in [5.74, 6) is 1.90. The lowest BCUT2D eigenvalue weighted by Crippen LogP contribution is -2.02. The van der Waals surface area contributed by atoms with Crippen molar-refractivity contribution in [2.75, 3.05) is 13.0 Å². The summed E-state index contributed by atoms with van der Waals surface area (Å²) in [6.45, 7) is 2.31. The number of ketones is 1. The van der Waals surface area contributed by atoms with Gasteiger partial charge in [0.2, 0.25) is 6.79 Å². The highest BCUT2D eigenvalue weighted by Gasteiger charge is 2.18. The van der Waals surface area contributed by atoms with Crippen LogP contribution in [-0.4, -0.2) is 27.2 Å². The standard InChI is InChI=1S/C37H48O5S/c1-29-16-15-17-30(24-29)25-33(38)19-14-12-10-8-6-4-3-5-7-9-11-13-18-32-26-36-37(42-28-41-36)27-35(32)31-20-22-34(23-21-31)43(2,39)40/h15-17,20-24,26-27H,3-14,18-19,25,28H2,1-2H3. The van der Waals surface area contributed by atoms with E-state index in [-0.39, 0.29) is 6.79 Å². The predicted octanol–water partition coefficient (Wildman–Crippen LogP) is 9.22. The first-order valence-corrected chi connectivity index (χ1v) is 18.0. The highest BCUT2D eigenvalue weighted by atomic mass is 32.2. The molecule has 5 nitrogen and oxygen atoms in total. The first-order chi connectivity index (χ1) is 20.8. The van der Waals surface area contributed by atoms with Gasteiger partial charge < -0.3 is 9.47 Å². The number of rotatable bonds is 19. The van der Waals surface area contributed by atoms with Crippen molar-refractivity contribution in [2.45, 2.75) is 108 Å². The maximum Gasteiger partial charge on any atom is 0.231 e. The highest BCUT2D eigenvalue weighted by Crippen LogP contribution is 2.39. The molecular formula is C37H48O5S. The maximum absolute atomic E-state index is 12.2. The third kappa shape index (κ3) is 10.8. The van der Waals surface area contributed by atoms with Crippen LogP contribution in [0.2, 0.25) is 0 Å². The molecule has 43 heavy (non-hydrogen) atoms. The number of carbonyl (C=O) groups excluding carboxylic acids is 1. The average molecular weight is 605 g/mol. The first-order valence-electron chi connectivity index (χ1n) is 16.1. The molecule has 232 valence electrons. The van der Waals surface area contributed by atoms with Crippen LogP contribution in [0.25, 0.3) is 11.1 Å². The van der Waals surface area contributed by atoms with E-state index in [0.29, 0.717) is 23.5 Å². The molecule has 4 rings (SSSR count). The molecule has 0 spiro atoms. The number of unbranched alkanes of at least 4 members (excludes halogenated alkanes) is 11. The van der Waals surface area contributed by atoms with Crippen LogP contribution in [0.1, 0.15) is 100 Å². The maximum atomic E-state index is 12.2. The van der Waals surface area contributed by atoms with Gasteiger partial charge in [-0.05, 0) is 72.7 Å². The monoisotopic (exact) mass is 604 g/mol. The highest BCUT2D eigenvalue weighted by molar-refractivity contribution is 7.90. The van der Waals surface area contributed by atoms with Gasteiger partial charge in [-0.15, -0.1) is 0 Å². The number of hydrogen-bond acceptors (Lipinski definition) is 5. The normalized spacial score (nSPS) is 12.5. The van der Waals surface area contributed by atoms with Crippen LogP contribution in [0.5, 0.6) is 11.5 Å². The average Bonchev–Trinajstić information content (AvgIpc) is 3.44. The van der Waals surface area contributed by atoms with Gasteiger partial charge >= 0.3 is 0 Å². The van der Waals surface area contributed by atoms with Gasteiger partial charge in [-0.25, -0.2) is 8.42 Å². The Bertz CT molecular complexity index is 1430. The summed E-state index contributed by atoms with van der Waals surface area (Å²) in [6.07, 6.45) is 18.2. The van der Waals surface area contributed by atoms with Crippen LogP contribution < -0.4 is 9.47 Å². The third-order valence-corrected chi connectivity index (χ3v) is 9.46. The van der Waals surface area contributed by atoms with E-state index in [1.807, 2.05) is 24.3 Å². The Hall–Kier alpha value is -3.12. The Labute approximate surface area is 258 Å². The second kappa shape index (κ2) is 16.7. The second-order valence-electron chi connectivity index (χ2n) is 12.1. The minimum atomic E-state index is -3.22. The fourth-order valence-corrected chi connectivity index (χ4v) is 6.52. The van der Waals surface area contributed by atoms with E-state index in [1.54, 1.807) is 12.1 Å². The summed E-state index contributed by atoms with van der Waals surface area (Å²) in [4.78, 5) is 12.6. The number of sulfone groups is 1. The van der Waals surface area contributed by atoms with E-state index in [9.17, 15) is 13.2 Å². The number of hydrogen-bond donors (Lipinski definition) is 0. The number of aryl methyl sites for hydroxylation is 2. The molecule has 0 saturated carbocycles. The van der Waals surface area contributed by atoms with Crippen LogP contribution in [-0.2, 0) is 27.5 Å². The molecule has 6 heteroatoms. The predicted molar refractivity (Wildman–Crippen MR) is 175 cm³/mol. The van der Waals surface area contributed by atoms with Crippen molar-refractivity contribution in [2.24, 2.45) is 0 Å². The van der Waals surface area contributed by atoms with Gasteiger partial charge in [0.05, 0.1) is 4.90 Å². The SMILES string of the molecule is Cc1cccc(CC(=O)CCCCCCCCCCCCCCc2cc3c(cc2-c2ccc(S(C)(=O)=O)cc2)OCO3)c1. The second-order valence-corrected chi connectivity index (χ2v) is 14.1. The zero-order valence-corrected chi connectivity index (χ0v) is 26.9. The molecule has 0 N–H and O–H groups in total. The topological polar surface area (TPSA) is 69.7 Å². The fraction of sp³-hybridized carbons (Fsp3) is 0.486. The van der Waals surface area contributed by atoms with E-state index in [0.717, 1.165) is 53.9 Å². The molecule has 1 aliphatic heterocycles. The molecule has 0 radical (unpaired) electrons. The summed E-state index contributed by atoms with van der Waals surface area (Å²) in [5.41, 5.74) is 5.65. The van der Waals surface area contributed by atoms with Crippen LogP contribution in [0.15, 0.2) is 65.6 Å². The zero-order chi connectivity index (χ0) is 30.5. The smallest absolute Gasteiger partial charge is 0.231 e. The van der Waals surface area contributed by atoms with Gasteiger partial charge in [0.1, 0.15) is 5.78 Å². The van der Waals surface area contributed by atoms with Crippen molar-refractivity contribution in [3.8, 4) is 22.6 Å². The molecule has 0 atom stereocenters.